The first-order chi connectivity index (χ1) is 8.62. The molecular formula is C12H16FNO4S. The molecule has 106 valence electrons. The molecule has 0 saturated carbocycles. The molecule has 19 heavy (non-hydrogen) atoms. The zero-order valence-electron chi connectivity index (χ0n) is 10.9. The summed E-state index contributed by atoms with van der Waals surface area (Å²) in [6, 6.07) is 1.96. The van der Waals surface area contributed by atoms with Crippen molar-refractivity contribution in [3.05, 3.63) is 29.1 Å². The number of rotatable bonds is 4. The standard InChI is InChI=1S/C12H16FNO4S/c1-7(2)6-18-12(15)9-4-10(13)8(3)11(5-9)19(14,16)17/h4-5,7H,6H2,1-3H3,(H2,14,16,17). The van der Waals surface area contributed by atoms with Crippen LogP contribution in [0.2, 0.25) is 0 Å². The number of hydrogen-bond donors (Lipinski definition) is 1. The van der Waals surface area contributed by atoms with E-state index in [9.17, 15) is 17.6 Å². The van der Waals surface area contributed by atoms with Crippen molar-refractivity contribution >= 4 is 16.0 Å². The van der Waals surface area contributed by atoms with Crippen LogP contribution in [-0.4, -0.2) is 21.0 Å². The molecule has 0 fully saturated rings. The van der Waals surface area contributed by atoms with E-state index in [-0.39, 0.29) is 23.7 Å². The highest BCUT2D eigenvalue weighted by molar-refractivity contribution is 7.89. The van der Waals surface area contributed by atoms with Gasteiger partial charge >= 0.3 is 5.97 Å². The van der Waals surface area contributed by atoms with Crippen LogP contribution in [0, 0.1) is 18.7 Å². The summed E-state index contributed by atoms with van der Waals surface area (Å²) >= 11 is 0. The van der Waals surface area contributed by atoms with Crippen molar-refractivity contribution in [2.45, 2.75) is 25.7 Å². The summed E-state index contributed by atoms with van der Waals surface area (Å²) in [7, 11) is -4.09. The lowest BCUT2D eigenvalue weighted by Gasteiger charge is -2.10. The Hall–Kier alpha value is -1.47. The van der Waals surface area contributed by atoms with Crippen LogP contribution in [0.5, 0.6) is 0 Å². The van der Waals surface area contributed by atoms with Crippen molar-refractivity contribution in [3.8, 4) is 0 Å². The Labute approximate surface area is 111 Å². The molecule has 1 aromatic rings. The first-order valence-corrected chi connectivity index (χ1v) is 7.17. The van der Waals surface area contributed by atoms with E-state index >= 15 is 0 Å². The molecule has 5 nitrogen and oxygen atoms in total. The van der Waals surface area contributed by atoms with Crippen LogP contribution in [0.3, 0.4) is 0 Å². The second kappa shape index (κ2) is 5.66. The molecule has 0 radical (unpaired) electrons. The van der Waals surface area contributed by atoms with Crippen LogP contribution >= 0.6 is 0 Å². The van der Waals surface area contributed by atoms with Gasteiger partial charge in [-0.05, 0) is 25.0 Å². The first-order valence-electron chi connectivity index (χ1n) is 5.63. The maximum atomic E-state index is 13.6. The number of sulfonamides is 1. The van der Waals surface area contributed by atoms with Crippen molar-refractivity contribution < 1.29 is 22.3 Å². The number of carbonyl (C=O) groups excluding carboxylic acids is 1. The van der Waals surface area contributed by atoms with Gasteiger partial charge in [-0.2, -0.15) is 0 Å². The van der Waals surface area contributed by atoms with E-state index in [0.29, 0.717) is 0 Å². The van der Waals surface area contributed by atoms with Gasteiger partial charge in [0.25, 0.3) is 0 Å². The van der Waals surface area contributed by atoms with Crippen LogP contribution in [0.15, 0.2) is 17.0 Å². The Morgan fingerprint density at radius 1 is 1.42 bits per heavy atom. The second-order valence-electron chi connectivity index (χ2n) is 4.62. The minimum Gasteiger partial charge on any atom is -0.462 e. The molecule has 7 heteroatoms. The molecule has 0 amide bonds. The minimum atomic E-state index is -4.09. The number of halogens is 1. The second-order valence-corrected chi connectivity index (χ2v) is 6.15. The van der Waals surface area contributed by atoms with Crippen LogP contribution in [-0.2, 0) is 14.8 Å². The minimum absolute atomic E-state index is 0.122. The maximum absolute atomic E-state index is 13.6. The molecule has 0 aliphatic heterocycles. The van der Waals surface area contributed by atoms with Gasteiger partial charge in [0.1, 0.15) is 5.82 Å². The molecule has 1 aromatic carbocycles. The van der Waals surface area contributed by atoms with Gasteiger partial charge in [0.05, 0.1) is 17.1 Å². The fraction of sp³-hybridized carbons (Fsp3) is 0.417. The fourth-order valence-corrected chi connectivity index (χ4v) is 2.21. The van der Waals surface area contributed by atoms with Crippen molar-refractivity contribution in [1.29, 1.82) is 0 Å². The predicted molar refractivity (Wildman–Crippen MR) is 67.6 cm³/mol. The third-order valence-electron chi connectivity index (χ3n) is 2.39. The van der Waals surface area contributed by atoms with Crippen molar-refractivity contribution in [3.63, 3.8) is 0 Å². The van der Waals surface area contributed by atoms with Gasteiger partial charge in [-0.3, -0.25) is 0 Å². The monoisotopic (exact) mass is 289 g/mol. The van der Waals surface area contributed by atoms with Gasteiger partial charge in [0, 0.05) is 5.56 Å². The normalized spacial score (nSPS) is 11.7. The Morgan fingerprint density at radius 2 is 2.00 bits per heavy atom. The molecule has 0 aliphatic carbocycles. The summed E-state index contributed by atoms with van der Waals surface area (Å²) in [5.41, 5.74) is -0.296. The van der Waals surface area contributed by atoms with E-state index in [0.717, 1.165) is 12.1 Å². The van der Waals surface area contributed by atoms with Crippen molar-refractivity contribution in [2.24, 2.45) is 11.1 Å². The largest absolute Gasteiger partial charge is 0.462 e. The highest BCUT2D eigenvalue weighted by Crippen LogP contribution is 2.20. The third-order valence-corrected chi connectivity index (χ3v) is 3.42. The fourth-order valence-electron chi connectivity index (χ4n) is 1.39. The van der Waals surface area contributed by atoms with Crippen LogP contribution < -0.4 is 5.14 Å². The number of primary sulfonamides is 1. The van der Waals surface area contributed by atoms with Gasteiger partial charge < -0.3 is 4.74 Å². The quantitative estimate of drug-likeness (QED) is 0.853. The third kappa shape index (κ3) is 4.00. The molecule has 0 unspecified atom stereocenters. The molecule has 2 N–H and O–H groups in total. The zero-order chi connectivity index (χ0) is 14.8. The lowest BCUT2D eigenvalue weighted by molar-refractivity contribution is 0.0458. The lowest BCUT2D eigenvalue weighted by Crippen LogP contribution is -2.17. The van der Waals surface area contributed by atoms with E-state index in [1.807, 2.05) is 13.8 Å². The average Bonchev–Trinajstić information content (AvgIpc) is 2.27. The molecule has 0 spiro atoms. The SMILES string of the molecule is Cc1c(F)cc(C(=O)OCC(C)C)cc1S(N)(=O)=O. The molecule has 0 heterocycles. The van der Waals surface area contributed by atoms with Crippen molar-refractivity contribution in [1.82, 2.24) is 0 Å². The number of ether oxygens (including phenoxy) is 1. The van der Waals surface area contributed by atoms with Gasteiger partial charge in [-0.15, -0.1) is 0 Å². The van der Waals surface area contributed by atoms with Gasteiger partial charge in [-0.1, -0.05) is 13.8 Å². The molecule has 0 atom stereocenters. The molecule has 0 aromatic heterocycles. The van der Waals surface area contributed by atoms with Crippen LogP contribution in [0.4, 0.5) is 4.39 Å². The average molecular weight is 289 g/mol. The van der Waals surface area contributed by atoms with Gasteiger partial charge in [0.15, 0.2) is 0 Å². The Balaban J connectivity index is 3.18. The molecule has 0 aliphatic rings. The summed E-state index contributed by atoms with van der Waals surface area (Å²) < 4.78 is 41.1. The number of benzene rings is 1. The van der Waals surface area contributed by atoms with E-state index in [4.69, 9.17) is 9.88 Å². The van der Waals surface area contributed by atoms with E-state index < -0.39 is 26.7 Å². The number of hydrogen-bond acceptors (Lipinski definition) is 4. The van der Waals surface area contributed by atoms with Crippen molar-refractivity contribution in [2.75, 3.05) is 6.61 Å². The first kappa shape index (κ1) is 15.6. The molecule has 0 saturated heterocycles. The predicted octanol–water partition coefficient (Wildman–Crippen LogP) is 1.59. The highest BCUT2D eigenvalue weighted by Gasteiger charge is 2.19. The number of carbonyl (C=O) groups is 1. The molecule has 1 rings (SSSR count). The van der Waals surface area contributed by atoms with Gasteiger partial charge in [-0.25, -0.2) is 22.7 Å². The summed E-state index contributed by atoms with van der Waals surface area (Å²) in [5, 5.41) is 4.97. The Morgan fingerprint density at radius 3 is 2.47 bits per heavy atom. The van der Waals surface area contributed by atoms with E-state index in [1.54, 1.807) is 0 Å². The Bertz CT molecular complexity index is 596. The van der Waals surface area contributed by atoms with Gasteiger partial charge in [0.2, 0.25) is 10.0 Å². The molecule has 0 bridgehead atoms. The topological polar surface area (TPSA) is 86.5 Å². The van der Waals surface area contributed by atoms with Crippen LogP contribution in [0.25, 0.3) is 0 Å². The smallest absolute Gasteiger partial charge is 0.338 e. The lowest BCUT2D eigenvalue weighted by atomic mass is 10.1. The van der Waals surface area contributed by atoms with E-state index in [2.05, 4.69) is 0 Å². The number of esters is 1. The van der Waals surface area contributed by atoms with E-state index in [1.165, 1.54) is 6.92 Å². The maximum Gasteiger partial charge on any atom is 0.338 e. The summed E-state index contributed by atoms with van der Waals surface area (Å²) in [6.07, 6.45) is 0. The zero-order valence-corrected chi connectivity index (χ0v) is 11.8. The highest BCUT2D eigenvalue weighted by atomic mass is 32.2. The number of nitrogens with two attached hydrogens (primary N) is 1. The van der Waals surface area contributed by atoms with Crippen LogP contribution in [0.1, 0.15) is 29.8 Å². The summed E-state index contributed by atoms with van der Waals surface area (Å²) in [5.74, 6) is -1.47. The summed E-state index contributed by atoms with van der Waals surface area (Å²) in [6.45, 7) is 5.13. The molecular weight excluding hydrogens is 273 g/mol. The Kier molecular flexibility index (Phi) is 4.65. The summed E-state index contributed by atoms with van der Waals surface area (Å²) in [4.78, 5) is 11.3.